The maximum Gasteiger partial charge on any atom is 0.271 e. The van der Waals surface area contributed by atoms with Gasteiger partial charge in [-0.2, -0.15) is 5.26 Å². The van der Waals surface area contributed by atoms with E-state index < -0.39 is 17.2 Å². The monoisotopic (exact) mass is 533 g/mol. The molecule has 1 aromatic carbocycles. The number of hydrogen-bond acceptors (Lipinski definition) is 8. The molecule has 0 radical (unpaired) electrons. The second-order valence-electron chi connectivity index (χ2n) is 8.55. The topological polar surface area (TPSA) is 117 Å². The summed E-state index contributed by atoms with van der Waals surface area (Å²) in [4.78, 5) is 40.7. The average Bonchev–Trinajstić information content (AvgIpc) is 3.47. The standard InChI is InChI=1S/C27H23N3O5S2/c1-16-7-9-18(10-8-16)13-22-25(33)29(27(36)37-22)11-3-6-21(31)23-17(2)20(14-28)24(32)30(26(23)34)15-19-5-4-12-35-19/h4-5,7-10,12-13,34H,3,6,11,15H2,1-2H3/b22-13-. The first-order valence-electron chi connectivity index (χ1n) is 11.4. The number of nitrogens with zero attached hydrogens (tertiary/aromatic N) is 3. The zero-order valence-corrected chi connectivity index (χ0v) is 21.8. The van der Waals surface area contributed by atoms with Crippen LogP contribution in [-0.2, 0) is 11.3 Å². The van der Waals surface area contributed by atoms with E-state index in [1.165, 1.54) is 29.8 Å². The number of nitriles is 1. The molecular formula is C27H23N3O5S2. The van der Waals surface area contributed by atoms with Gasteiger partial charge in [0.2, 0.25) is 5.88 Å². The van der Waals surface area contributed by atoms with Crippen molar-refractivity contribution in [2.45, 2.75) is 33.2 Å². The number of thiocarbonyl (C=S) groups is 1. The van der Waals surface area contributed by atoms with Crippen LogP contribution in [0.2, 0.25) is 0 Å². The van der Waals surface area contributed by atoms with E-state index in [9.17, 15) is 24.8 Å². The Morgan fingerprint density at radius 2 is 1.95 bits per heavy atom. The van der Waals surface area contributed by atoms with Crippen molar-refractivity contribution < 1.29 is 19.1 Å². The van der Waals surface area contributed by atoms with Crippen molar-refractivity contribution in [2.24, 2.45) is 0 Å². The van der Waals surface area contributed by atoms with E-state index in [-0.39, 0.29) is 48.5 Å². The number of rotatable bonds is 8. The Balaban J connectivity index is 1.49. The highest BCUT2D eigenvalue weighted by atomic mass is 32.2. The van der Waals surface area contributed by atoms with E-state index in [4.69, 9.17) is 16.6 Å². The highest BCUT2D eigenvalue weighted by Gasteiger charge is 2.32. The van der Waals surface area contributed by atoms with Crippen LogP contribution in [0.1, 0.15) is 51.2 Å². The van der Waals surface area contributed by atoms with Gasteiger partial charge in [-0.1, -0.05) is 53.8 Å². The number of benzene rings is 1. The zero-order valence-electron chi connectivity index (χ0n) is 20.2. The minimum Gasteiger partial charge on any atom is -0.494 e. The predicted octanol–water partition coefficient (Wildman–Crippen LogP) is 4.55. The summed E-state index contributed by atoms with van der Waals surface area (Å²) in [6.45, 7) is 3.54. The summed E-state index contributed by atoms with van der Waals surface area (Å²) in [5.74, 6) is -0.799. The number of aromatic hydroxyl groups is 1. The zero-order chi connectivity index (χ0) is 26.7. The Bertz CT molecular complexity index is 1510. The highest BCUT2D eigenvalue weighted by Crippen LogP contribution is 2.33. The molecule has 1 N–H and O–H groups in total. The summed E-state index contributed by atoms with van der Waals surface area (Å²) in [5, 5.41) is 20.3. The maximum atomic E-state index is 13.1. The summed E-state index contributed by atoms with van der Waals surface area (Å²) >= 11 is 6.60. The largest absolute Gasteiger partial charge is 0.494 e. The SMILES string of the molecule is Cc1ccc(/C=C2\SC(=S)N(CCCC(=O)c3c(C)c(C#N)c(=O)n(Cc4ccco4)c3O)C2=O)cc1. The lowest BCUT2D eigenvalue weighted by Gasteiger charge is -2.16. The molecule has 188 valence electrons. The summed E-state index contributed by atoms with van der Waals surface area (Å²) in [6, 6.07) is 12.9. The Kier molecular flexibility index (Phi) is 7.76. The number of carbonyl (C=O) groups is 2. The molecule has 1 aliphatic heterocycles. The van der Waals surface area contributed by atoms with Crippen LogP contribution in [0.5, 0.6) is 5.88 Å². The van der Waals surface area contributed by atoms with Crippen molar-refractivity contribution in [3.63, 3.8) is 0 Å². The first-order chi connectivity index (χ1) is 17.7. The molecule has 4 rings (SSSR count). The quantitative estimate of drug-likeness (QED) is 0.255. The second-order valence-corrected chi connectivity index (χ2v) is 10.2. The molecule has 10 heteroatoms. The molecule has 3 heterocycles. The normalized spacial score (nSPS) is 14.4. The van der Waals surface area contributed by atoms with Gasteiger partial charge in [0.05, 0.1) is 23.3 Å². The Labute approximate surface area is 222 Å². The minimum absolute atomic E-state index is 0.0215. The molecule has 0 unspecified atom stereocenters. The fourth-order valence-electron chi connectivity index (χ4n) is 4.02. The van der Waals surface area contributed by atoms with Crippen molar-refractivity contribution in [3.8, 4) is 11.9 Å². The molecule has 2 aromatic heterocycles. The lowest BCUT2D eigenvalue weighted by molar-refractivity contribution is -0.122. The number of Topliss-reactive ketones (excluding diaryl/α,β-unsaturated/α-hetero) is 1. The van der Waals surface area contributed by atoms with Crippen molar-refractivity contribution in [1.29, 1.82) is 5.26 Å². The van der Waals surface area contributed by atoms with Gasteiger partial charge in [-0.3, -0.25) is 23.9 Å². The van der Waals surface area contributed by atoms with E-state index in [1.54, 1.807) is 18.2 Å². The third-order valence-electron chi connectivity index (χ3n) is 6.01. The fraction of sp³-hybridized carbons (Fsp3) is 0.222. The van der Waals surface area contributed by atoms with E-state index >= 15 is 0 Å². The third-order valence-corrected chi connectivity index (χ3v) is 7.39. The van der Waals surface area contributed by atoms with Gasteiger partial charge in [-0.05, 0) is 49.6 Å². The van der Waals surface area contributed by atoms with Crippen LogP contribution in [0.3, 0.4) is 0 Å². The lowest BCUT2D eigenvalue weighted by atomic mass is 9.99. The van der Waals surface area contributed by atoms with Gasteiger partial charge in [0, 0.05) is 13.0 Å². The van der Waals surface area contributed by atoms with Gasteiger partial charge >= 0.3 is 0 Å². The summed E-state index contributed by atoms with van der Waals surface area (Å²) < 4.78 is 6.61. The van der Waals surface area contributed by atoms with E-state index in [1.807, 2.05) is 37.3 Å². The Morgan fingerprint density at radius 3 is 2.59 bits per heavy atom. The number of pyridine rings is 1. The highest BCUT2D eigenvalue weighted by molar-refractivity contribution is 8.26. The molecule has 1 fully saturated rings. The van der Waals surface area contributed by atoms with Gasteiger partial charge in [-0.25, -0.2) is 0 Å². The molecule has 0 atom stereocenters. The predicted molar refractivity (Wildman–Crippen MR) is 144 cm³/mol. The number of aryl methyl sites for hydroxylation is 1. The van der Waals surface area contributed by atoms with Crippen molar-refractivity contribution in [1.82, 2.24) is 9.47 Å². The molecule has 8 nitrogen and oxygen atoms in total. The van der Waals surface area contributed by atoms with Gasteiger partial charge in [0.15, 0.2) is 5.78 Å². The summed E-state index contributed by atoms with van der Waals surface area (Å²) in [7, 11) is 0. The first-order valence-corrected chi connectivity index (χ1v) is 12.7. The van der Waals surface area contributed by atoms with Gasteiger partial charge in [-0.15, -0.1) is 0 Å². The molecule has 0 aliphatic carbocycles. The van der Waals surface area contributed by atoms with Gasteiger partial charge < -0.3 is 9.52 Å². The van der Waals surface area contributed by atoms with Crippen LogP contribution >= 0.6 is 24.0 Å². The number of hydrogen-bond donors (Lipinski definition) is 1. The van der Waals surface area contributed by atoms with E-state index in [2.05, 4.69) is 0 Å². The van der Waals surface area contributed by atoms with Crippen molar-refractivity contribution >= 4 is 46.1 Å². The molecule has 1 aliphatic rings. The number of ketones is 1. The van der Waals surface area contributed by atoms with Crippen LogP contribution in [0.4, 0.5) is 0 Å². The van der Waals surface area contributed by atoms with Crippen LogP contribution in [0.15, 0.2) is 56.8 Å². The fourth-order valence-corrected chi connectivity index (χ4v) is 5.33. The maximum absolute atomic E-state index is 13.1. The first kappa shape index (κ1) is 26.1. The van der Waals surface area contributed by atoms with Crippen LogP contribution < -0.4 is 5.56 Å². The van der Waals surface area contributed by atoms with Gasteiger partial charge in [0.1, 0.15) is 21.7 Å². The molecule has 0 spiro atoms. The number of aromatic nitrogens is 1. The molecule has 0 bridgehead atoms. The molecule has 37 heavy (non-hydrogen) atoms. The lowest BCUT2D eigenvalue weighted by Crippen LogP contribution is -2.30. The number of carbonyl (C=O) groups excluding carboxylic acids is 2. The number of amides is 1. The van der Waals surface area contributed by atoms with Crippen LogP contribution in [0.25, 0.3) is 6.08 Å². The summed E-state index contributed by atoms with van der Waals surface area (Å²) in [6.07, 6.45) is 3.47. The van der Waals surface area contributed by atoms with E-state index in [0.717, 1.165) is 15.7 Å². The molecule has 1 saturated heterocycles. The number of furan rings is 1. The Hall–Kier alpha value is -3.94. The minimum atomic E-state index is -0.705. The van der Waals surface area contributed by atoms with Crippen LogP contribution in [0, 0.1) is 25.2 Å². The summed E-state index contributed by atoms with van der Waals surface area (Å²) in [5.41, 5.74) is 1.12. The second kappa shape index (κ2) is 11.0. The smallest absolute Gasteiger partial charge is 0.271 e. The third kappa shape index (κ3) is 5.43. The van der Waals surface area contributed by atoms with Crippen LogP contribution in [-0.4, -0.2) is 37.1 Å². The Morgan fingerprint density at radius 1 is 1.22 bits per heavy atom. The van der Waals surface area contributed by atoms with E-state index in [0.29, 0.717) is 15.0 Å². The van der Waals surface area contributed by atoms with Crippen molar-refractivity contribution in [2.75, 3.05) is 6.54 Å². The molecule has 0 saturated carbocycles. The molecule has 3 aromatic rings. The van der Waals surface area contributed by atoms with Gasteiger partial charge in [0.25, 0.3) is 11.5 Å². The molecule has 1 amide bonds. The number of thioether (sulfide) groups is 1. The average molecular weight is 534 g/mol. The molecular weight excluding hydrogens is 510 g/mol. The van der Waals surface area contributed by atoms with Crippen molar-refractivity contribution in [3.05, 3.63) is 91.5 Å².